The third-order valence-corrected chi connectivity index (χ3v) is 14.9. The van der Waals surface area contributed by atoms with Crippen LogP contribution >= 0.6 is 0 Å². The first-order valence-electron chi connectivity index (χ1n) is 24.0. The second-order valence-electron chi connectivity index (χ2n) is 18.3. The molecule has 1 nitrogen and oxygen atoms in total. The van der Waals surface area contributed by atoms with Crippen molar-refractivity contribution in [1.29, 1.82) is 0 Å². The van der Waals surface area contributed by atoms with Gasteiger partial charge < -0.3 is 4.90 Å². The predicted octanol–water partition coefficient (Wildman–Crippen LogP) is 17.2. The highest BCUT2D eigenvalue weighted by Gasteiger charge is 2.57. The van der Waals surface area contributed by atoms with Crippen molar-refractivity contribution in [2.75, 3.05) is 4.90 Å². The third-order valence-electron chi connectivity index (χ3n) is 14.9. The Bertz CT molecular complexity index is 3620. The highest BCUT2D eigenvalue weighted by Crippen LogP contribution is 2.65. The van der Waals surface area contributed by atoms with Gasteiger partial charge in [-0.25, -0.2) is 0 Å². The van der Waals surface area contributed by atoms with Crippen LogP contribution in [0, 0.1) is 0 Å². The van der Waals surface area contributed by atoms with E-state index < -0.39 is 10.8 Å². The van der Waals surface area contributed by atoms with Crippen molar-refractivity contribution in [2.24, 2.45) is 0 Å². The molecule has 0 radical (unpaired) electrons. The maximum Gasteiger partial charge on any atom is 0.0720 e. The van der Waals surface area contributed by atoms with Gasteiger partial charge in [0.2, 0.25) is 0 Å². The predicted molar refractivity (Wildman–Crippen MR) is 287 cm³/mol. The molecule has 0 aliphatic heterocycles. The lowest BCUT2D eigenvalue weighted by atomic mass is 9.51. The molecular formula is C68H47N. The van der Waals surface area contributed by atoms with E-state index in [9.17, 15) is 0 Å². The fraction of sp³-hybridized carbons (Fsp3) is 0.0294. The summed E-state index contributed by atoms with van der Waals surface area (Å²) < 4.78 is 0. The van der Waals surface area contributed by atoms with Gasteiger partial charge in [-0.15, -0.1) is 0 Å². The van der Waals surface area contributed by atoms with Gasteiger partial charge in [-0.3, -0.25) is 0 Å². The van der Waals surface area contributed by atoms with E-state index in [-0.39, 0.29) is 0 Å². The second kappa shape index (κ2) is 16.5. The largest absolute Gasteiger partial charge is 0.310 e. The number of nitrogens with zero attached hydrogens (tertiary/aromatic N) is 1. The van der Waals surface area contributed by atoms with Gasteiger partial charge >= 0.3 is 0 Å². The van der Waals surface area contributed by atoms with Crippen molar-refractivity contribution in [2.45, 2.75) is 10.8 Å². The fourth-order valence-electron chi connectivity index (χ4n) is 12.0. The minimum atomic E-state index is -0.589. The molecule has 11 aromatic carbocycles. The van der Waals surface area contributed by atoms with E-state index >= 15 is 0 Å². The van der Waals surface area contributed by atoms with Gasteiger partial charge in [0.05, 0.1) is 16.5 Å². The third kappa shape index (κ3) is 6.24. The molecule has 324 valence electrons. The Morgan fingerprint density at radius 3 is 1.17 bits per heavy atom. The Morgan fingerprint density at radius 1 is 0.217 bits per heavy atom. The van der Waals surface area contributed by atoms with Crippen molar-refractivity contribution in [3.8, 4) is 44.5 Å². The summed E-state index contributed by atoms with van der Waals surface area (Å²) in [7, 11) is 0. The van der Waals surface area contributed by atoms with Crippen LogP contribution in [-0.4, -0.2) is 0 Å². The summed E-state index contributed by atoms with van der Waals surface area (Å²) in [6.45, 7) is 0. The summed E-state index contributed by atoms with van der Waals surface area (Å²) in [5.74, 6) is 0. The van der Waals surface area contributed by atoms with Crippen molar-refractivity contribution in [3.05, 3.63) is 330 Å². The molecule has 0 fully saturated rings. The molecule has 2 aliphatic rings. The summed E-state index contributed by atoms with van der Waals surface area (Å²) in [4.78, 5) is 2.39. The molecule has 13 rings (SSSR count). The first-order chi connectivity index (χ1) is 34.2. The van der Waals surface area contributed by atoms with E-state index in [0.717, 1.165) is 22.6 Å². The Hall–Kier alpha value is -8.78. The molecular weight excluding hydrogens is 831 g/mol. The first-order valence-corrected chi connectivity index (χ1v) is 24.0. The van der Waals surface area contributed by atoms with Crippen molar-refractivity contribution >= 4 is 17.1 Å². The van der Waals surface area contributed by atoms with Gasteiger partial charge in [-0.2, -0.15) is 0 Å². The van der Waals surface area contributed by atoms with Crippen LogP contribution in [0.15, 0.2) is 285 Å². The summed E-state index contributed by atoms with van der Waals surface area (Å²) in [5, 5.41) is 0. The molecule has 69 heavy (non-hydrogen) atoms. The number of para-hydroxylation sites is 1. The Morgan fingerprint density at radius 2 is 0.594 bits per heavy atom. The van der Waals surface area contributed by atoms with Crippen molar-refractivity contribution in [3.63, 3.8) is 0 Å². The standard InChI is InChI=1S/C68H47N/c1-5-20-48(21-6-1)50-38-44-56(45-39-50)69(65-35-18-14-28-58(65)52-22-7-2-8-23-52)57-46-40-51(41-47-57)49-36-42-55(43-37-49)67(53-24-9-3-10-25-53)62-32-16-17-33-63(62)68(54-26-11-4-12-27-54)61-31-15-13-29-59(61)60-30-19-34-64(67)66(60)68/h1-47H. The quantitative estimate of drug-likeness (QED) is 0.140. The molecule has 0 heterocycles. The van der Waals surface area contributed by atoms with Gasteiger partial charge in [0, 0.05) is 16.9 Å². The topological polar surface area (TPSA) is 3.24 Å². The van der Waals surface area contributed by atoms with Gasteiger partial charge in [0.25, 0.3) is 0 Å². The van der Waals surface area contributed by atoms with Crippen molar-refractivity contribution in [1.82, 2.24) is 0 Å². The molecule has 2 unspecified atom stereocenters. The zero-order chi connectivity index (χ0) is 45.8. The smallest absolute Gasteiger partial charge is 0.0720 e. The Kier molecular flexibility index (Phi) is 9.70. The number of benzene rings is 11. The molecule has 1 heteroatoms. The average molecular weight is 878 g/mol. The molecule has 0 spiro atoms. The van der Waals surface area contributed by atoms with Crippen LogP contribution in [0.5, 0.6) is 0 Å². The summed E-state index contributed by atoms with van der Waals surface area (Å²) in [5.41, 5.74) is 22.5. The van der Waals surface area contributed by atoms with E-state index in [1.807, 2.05) is 0 Å². The van der Waals surface area contributed by atoms with Gasteiger partial charge in [-0.05, 0) is 114 Å². The fourth-order valence-corrected chi connectivity index (χ4v) is 12.0. The lowest BCUT2D eigenvalue weighted by Crippen LogP contribution is -2.44. The summed E-state index contributed by atoms with van der Waals surface area (Å²) >= 11 is 0. The lowest BCUT2D eigenvalue weighted by Gasteiger charge is -2.49. The summed E-state index contributed by atoms with van der Waals surface area (Å²) in [6, 6.07) is 105. The van der Waals surface area contributed by atoms with Gasteiger partial charge in [0.15, 0.2) is 0 Å². The number of hydrogen-bond donors (Lipinski definition) is 0. The van der Waals surface area contributed by atoms with E-state index in [2.05, 4.69) is 290 Å². The minimum absolute atomic E-state index is 0.472. The molecule has 0 aromatic heterocycles. The Labute approximate surface area is 404 Å². The highest BCUT2D eigenvalue weighted by atomic mass is 15.1. The molecule has 0 saturated heterocycles. The zero-order valence-electron chi connectivity index (χ0n) is 38.1. The van der Waals surface area contributed by atoms with Crippen LogP contribution in [0.2, 0.25) is 0 Å². The van der Waals surface area contributed by atoms with Crippen LogP contribution in [-0.2, 0) is 10.8 Å². The molecule has 0 bridgehead atoms. The van der Waals surface area contributed by atoms with E-state index in [1.165, 1.54) is 83.5 Å². The maximum absolute atomic E-state index is 2.41. The average Bonchev–Trinajstić information content (AvgIpc) is 3.75. The second-order valence-corrected chi connectivity index (χ2v) is 18.3. The van der Waals surface area contributed by atoms with Crippen LogP contribution in [0.3, 0.4) is 0 Å². The normalized spacial score (nSPS) is 16.2. The number of rotatable bonds is 9. The molecule has 2 aliphatic carbocycles. The molecule has 0 N–H and O–H groups in total. The van der Waals surface area contributed by atoms with Gasteiger partial charge in [-0.1, -0.05) is 255 Å². The zero-order valence-corrected chi connectivity index (χ0v) is 38.1. The maximum atomic E-state index is 2.41. The SMILES string of the molecule is c1ccc(-c2ccc(N(c3ccc(-c4ccc(C5(c6ccccc6)c6ccccc6C6(c7ccccc7)c7ccccc7-c7cccc5c76)cc4)cc3)c3ccccc3-c3ccccc3)cc2)cc1. The lowest BCUT2D eigenvalue weighted by molar-refractivity contribution is 0.627. The summed E-state index contributed by atoms with van der Waals surface area (Å²) in [6.07, 6.45) is 0. The number of fused-ring (bicyclic) bond motifs is 5. The van der Waals surface area contributed by atoms with Gasteiger partial charge in [0.1, 0.15) is 0 Å². The van der Waals surface area contributed by atoms with Crippen LogP contribution in [0.4, 0.5) is 17.1 Å². The van der Waals surface area contributed by atoms with E-state index in [4.69, 9.17) is 0 Å². The van der Waals surface area contributed by atoms with Crippen LogP contribution in [0.25, 0.3) is 44.5 Å². The Balaban J connectivity index is 0.945. The first kappa shape index (κ1) is 40.5. The number of hydrogen-bond acceptors (Lipinski definition) is 1. The molecule has 11 aromatic rings. The molecule has 2 atom stereocenters. The molecule has 0 amide bonds. The van der Waals surface area contributed by atoms with E-state index in [0.29, 0.717) is 0 Å². The monoisotopic (exact) mass is 877 g/mol. The van der Waals surface area contributed by atoms with Crippen molar-refractivity contribution < 1.29 is 0 Å². The van der Waals surface area contributed by atoms with Crippen LogP contribution < -0.4 is 4.90 Å². The highest BCUT2D eigenvalue weighted by molar-refractivity contribution is 5.92. The minimum Gasteiger partial charge on any atom is -0.310 e. The van der Waals surface area contributed by atoms with Crippen LogP contribution in [0.1, 0.15) is 44.5 Å². The number of anilines is 3. The van der Waals surface area contributed by atoms with E-state index in [1.54, 1.807) is 0 Å². The molecule has 0 saturated carbocycles.